The first kappa shape index (κ1) is 19.7. The van der Waals surface area contributed by atoms with Gasteiger partial charge in [-0.3, -0.25) is 9.69 Å². The van der Waals surface area contributed by atoms with Crippen LogP contribution >= 0.6 is 23.2 Å². The lowest BCUT2D eigenvalue weighted by molar-refractivity contribution is -0.117. The molecule has 0 heterocycles. The Morgan fingerprint density at radius 2 is 1.76 bits per heavy atom. The van der Waals surface area contributed by atoms with Crippen LogP contribution in [0.15, 0.2) is 47.4 Å². The number of likely N-dealkylation sites (N-methyl/N-ethyl adjacent to an activating group) is 1. The fourth-order valence-electron chi connectivity index (χ4n) is 2.25. The normalized spacial score (nSPS) is 11.6. The van der Waals surface area contributed by atoms with Gasteiger partial charge < -0.3 is 5.32 Å². The zero-order chi connectivity index (χ0) is 18.6. The van der Waals surface area contributed by atoms with Crippen molar-refractivity contribution in [3.63, 3.8) is 0 Å². The van der Waals surface area contributed by atoms with E-state index in [1.54, 1.807) is 36.2 Å². The molecular weight excluding hydrogens is 383 g/mol. The average Bonchev–Trinajstić information content (AvgIpc) is 2.51. The topological polar surface area (TPSA) is 66.5 Å². The molecule has 1 N–H and O–H groups in total. The molecule has 0 aliphatic heterocycles. The maximum absolute atomic E-state index is 12.1. The standard InChI is InChI=1S/C17H18Cl2N2O3S/c1-21(10-12-4-3-5-15(18)17(12)19)11-16(22)20-13-6-8-14(9-7-13)25(2,23)24/h3-9H,10-11H2,1-2H3,(H,20,22). The Hall–Kier alpha value is -1.60. The van der Waals surface area contributed by atoms with Gasteiger partial charge >= 0.3 is 0 Å². The van der Waals surface area contributed by atoms with Crippen molar-refractivity contribution in [2.45, 2.75) is 11.4 Å². The van der Waals surface area contributed by atoms with E-state index in [1.165, 1.54) is 12.1 Å². The second kappa shape index (κ2) is 8.19. The zero-order valence-corrected chi connectivity index (χ0v) is 16.1. The van der Waals surface area contributed by atoms with E-state index in [2.05, 4.69) is 5.32 Å². The highest BCUT2D eigenvalue weighted by Gasteiger charge is 2.12. The first-order valence-corrected chi connectivity index (χ1v) is 10.0. The highest BCUT2D eigenvalue weighted by atomic mass is 35.5. The van der Waals surface area contributed by atoms with Gasteiger partial charge in [0.1, 0.15) is 0 Å². The number of anilines is 1. The number of nitrogens with zero attached hydrogens (tertiary/aromatic N) is 1. The number of benzene rings is 2. The Labute approximate surface area is 157 Å². The zero-order valence-electron chi connectivity index (χ0n) is 13.8. The number of sulfone groups is 1. The molecule has 2 aromatic rings. The molecule has 0 fully saturated rings. The molecule has 0 radical (unpaired) electrons. The molecule has 134 valence electrons. The number of nitrogens with one attached hydrogen (secondary N) is 1. The first-order valence-electron chi connectivity index (χ1n) is 7.38. The average molecular weight is 401 g/mol. The number of carbonyl (C=O) groups excluding carboxylic acids is 1. The van der Waals surface area contributed by atoms with Crippen molar-refractivity contribution in [2.75, 3.05) is 25.2 Å². The van der Waals surface area contributed by atoms with E-state index >= 15 is 0 Å². The lowest BCUT2D eigenvalue weighted by atomic mass is 10.2. The molecule has 0 aromatic heterocycles. The van der Waals surface area contributed by atoms with Crippen LogP contribution in [0.4, 0.5) is 5.69 Å². The summed E-state index contributed by atoms with van der Waals surface area (Å²) in [6.45, 7) is 0.622. The predicted octanol–water partition coefficient (Wildman–Crippen LogP) is 3.47. The van der Waals surface area contributed by atoms with Gasteiger partial charge in [-0.1, -0.05) is 35.3 Å². The first-order chi connectivity index (χ1) is 11.7. The molecule has 0 saturated heterocycles. The third-order valence-electron chi connectivity index (χ3n) is 3.45. The van der Waals surface area contributed by atoms with E-state index in [1.807, 2.05) is 6.07 Å². The summed E-state index contributed by atoms with van der Waals surface area (Å²) in [5.74, 6) is -0.215. The second-order valence-electron chi connectivity index (χ2n) is 5.73. The molecule has 0 aliphatic carbocycles. The molecule has 8 heteroatoms. The molecule has 0 bridgehead atoms. The van der Waals surface area contributed by atoms with Crippen LogP contribution in [0.3, 0.4) is 0 Å². The van der Waals surface area contributed by atoms with Gasteiger partial charge in [-0.25, -0.2) is 8.42 Å². The van der Waals surface area contributed by atoms with Crippen molar-refractivity contribution in [3.8, 4) is 0 Å². The fraction of sp³-hybridized carbons (Fsp3) is 0.235. The van der Waals surface area contributed by atoms with E-state index in [4.69, 9.17) is 23.2 Å². The third kappa shape index (κ3) is 5.71. The molecule has 0 atom stereocenters. The maximum Gasteiger partial charge on any atom is 0.238 e. The van der Waals surface area contributed by atoms with Gasteiger partial charge in [0.2, 0.25) is 5.91 Å². The van der Waals surface area contributed by atoms with Crippen LogP contribution in [0.5, 0.6) is 0 Å². The molecule has 2 aromatic carbocycles. The Morgan fingerprint density at radius 1 is 1.12 bits per heavy atom. The molecular formula is C17H18Cl2N2O3S. The smallest absolute Gasteiger partial charge is 0.238 e. The highest BCUT2D eigenvalue weighted by Crippen LogP contribution is 2.26. The molecule has 5 nitrogen and oxygen atoms in total. The van der Waals surface area contributed by atoms with E-state index in [9.17, 15) is 13.2 Å². The molecule has 0 aliphatic rings. The van der Waals surface area contributed by atoms with Crippen LogP contribution in [0.1, 0.15) is 5.56 Å². The SMILES string of the molecule is CN(CC(=O)Nc1ccc(S(C)(=O)=O)cc1)Cc1cccc(Cl)c1Cl. The van der Waals surface area contributed by atoms with Gasteiger partial charge in [0.15, 0.2) is 9.84 Å². The van der Waals surface area contributed by atoms with Crippen LogP contribution in [-0.2, 0) is 21.2 Å². The lowest BCUT2D eigenvalue weighted by Gasteiger charge is -2.17. The number of halogens is 2. The monoisotopic (exact) mass is 400 g/mol. The van der Waals surface area contributed by atoms with Crippen molar-refractivity contribution in [1.82, 2.24) is 4.90 Å². The van der Waals surface area contributed by atoms with Gasteiger partial charge in [0, 0.05) is 18.5 Å². The predicted molar refractivity (Wildman–Crippen MR) is 101 cm³/mol. The minimum absolute atomic E-state index is 0.149. The molecule has 1 amide bonds. The van der Waals surface area contributed by atoms with Crippen LogP contribution < -0.4 is 5.32 Å². The Bertz CT molecular complexity index is 868. The summed E-state index contributed by atoms with van der Waals surface area (Å²) in [7, 11) is -1.46. The summed E-state index contributed by atoms with van der Waals surface area (Å²) >= 11 is 12.1. The van der Waals surface area contributed by atoms with E-state index in [0.29, 0.717) is 22.3 Å². The van der Waals surface area contributed by atoms with Gasteiger partial charge in [0.05, 0.1) is 21.5 Å². The van der Waals surface area contributed by atoms with Crippen LogP contribution in [0.2, 0.25) is 10.0 Å². The van der Waals surface area contributed by atoms with Crippen LogP contribution in [0.25, 0.3) is 0 Å². The van der Waals surface area contributed by atoms with Crippen LogP contribution in [0, 0.1) is 0 Å². The van der Waals surface area contributed by atoms with Crippen molar-refractivity contribution < 1.29 is 13.2 Å². The lowest BCUT2D eigenvalue weighted by Crippen LogP contribution is -2.29. The van der Waals surface area contributed by atoms with E-state index in [0.717, 1.165) is 11.8 Å². The van der Waals surface area contributed by atoms with Crippen molar-refractivity contribution in [1.29, 1.82) is 0 Å². The third-order valence-corrected chi connectivity index (χ3v) is 5.44. The second-order valence-corrected chi connectivity index (χ2v) is 8.53. The van der Waals surface area contributed by atoms with Gasteiger partial charge in [0.25, 0.3) is 0 Å². The highest BCUT2D eigenvalue weighted by molar-refractivity contribution is 7.90. The molecule has 0 saturated carbocycles. The summed E-state index contributed by atoms with van der Waals surface area (Å²) in [4.78, 5) is 14.1. The molecule has 25 heavy (non-hydrogen) atoms. The summed E-state index contributed by atoms with van der Waals surface area (Å²) in [6.07, 6.45) is 1.14. The summed E-state index contributed by atoms with van der Waals surface area (Å²) in [5.41, 5.74) is 1.37. The van der Waals surface area contributed by atoms with E-state index in [-0.39, 0.29) is 17.3 Å². The van der Waals surface area contributed by atoms with Gasteiger partial charge in [-0.2, -0.15) is 0 Å². The van der Waals surface area contributed by atoms with E-state index < -0.39 is 9.84 Å². The Balaban J connectivity index is 1.94. The summed E-state index contributed by atoms with van der Waals surface area (Å²) in [6, 6.07) is 11.4. The fourth-order valence-corrected chi connectivity index (χ4v) is 3.26. The van der Waals surface area contributed by atoms with Gasteiger partial charge in [-0.05, 0) is 42.9 Å². The molecule has 2 rings (SSSR count). The summed E-state index contributed by atoms with van der Waals surface area (Å²) in [5, 5.41) is 3.68. The van der Waals surface area contributed by atoms with Crippen molar-refractivity contribution in [3.05, 3.63) is 58.1 Å². The number of amides is 1. The quantitative estimate of drug-likeness (QED) is 0.805. The van der Waals surface area contributed by atoms with Crippen LogP contribution in [-0.4, -0.2) is 39.1 Å². The maximum atomic E-state index is 12.1. The molecule has 0 unspecified atom stereocenters. The Kier molecular flexibility index (Phi) is 6.46. The molecule has 0 spiro atoms. The van der Waals surface area contributed by atoms with Gasteiger partial charge in [-0.15, -0.1) is 0 Å². The number of hydrogen-bond donors (Lipinski definition) is 1. The number of hydrogen-bond acceptors (Lipinski definition) is 4. The largest absolute Gasteiger partial charge is 0.325 e. The van der Waals surface area contributed by atoms with Crippen molar-refractivity contribution in [2.24, 2.45) is 0 Å². The van der Waals surface area contributed by atoms with Crippen molar-refractivity contribution >= 4 is 44.6 Å². The summed E-state index contributed by atoms with van der Waals surface area (Å²) < 4.78 is 22.8. The minimum atomic E-state index is -3.25. The minimum Gasteiger partial charge on any atom is -0.325 e. The number of rotatable bonds is 6. The Morgan fingerprint density at radius 3 is 2.36 bits per heavy atom. The number of carbonyl (C=O) groups is 1.